The van der Waals surface area contributed by atoms with Crippen LogP contribution in [0.15, 0.2) is 0 Å². The van der Waals surface area contributed by atoms with Crippen LogP contribution < -0.4 is 5.32 Å². The standard InChI is InChI=1S/C22H37NO/c1-14-15(2)19(23-16-12-10-9-11-13-16)18(22(6,7)8)20(24)17(14)21(3,4)5/h16,23-24H,9-13H2,1-8H3. The first-order valence-electron chi connectivity index (χ1n) is 9.58. The van der Waals surface area contributed by atoms with Crippen LogP contribution in [-0.2, 0) is 10.8 Å². The zero-order chi connectivity index (χ0) is 18.3. The highest BCUT2D eigenvalue weighted by Crippen LogP contribution is 2.47. The number of benzene rings is 1. The SMILES string of the molecule is Cc1c(C)c(C(C)(C)C)c(O)c(C(C)(C)C)c1NC1CCCCC1. The number of hydrogen-bond donors (Lipinski definition) is 2. The van der Waals surface area contributed by atoms with Gasteiger partial charge in [-0.2, -0.15) is 0 Å². The molecule has 0 aromatic heterocycles. The third kappa shape index (κ3) is 3.73. The topological polar surface area (TPSA) is 32.3 Å². The molecule has 1 saturated carbocycles. The first-order chi connectivity index (χ1) is 10.9. The Balaban J connectivity index is 2.64. The van der Waals surface area contributed by atoms with Crippen molar-refractivity contribution in [2.45, 2.75) is 104 Å². The van der Waals surface area contributed by atoms with Crippen LogP contribution in [0.1, 0.15) is 95.9 Å². The van der Waals surface area contributed by atoms with Gasteiger partial charge in [0.1, 0.15) is 5.75 Å². The monoisotopic (exact) mass is 331 g/mol. The summed E-state index contributed by atoms with van der Waals surface area (Å²) in [6.45, 7) is 17.6. The molecule has 0 spiro atoms. The largest absolute Gasteiger partial charge is 0.507 e. The van der Waals surface area contributed by atoms with Crippen LogP contribution in [0.4, 0.5) is 5.69 Å². The van der Waals surface area contributed by atoms with Gasteiger partial charge in [-0.15, -0.1) is 0 Å². The normalized spacial score (nSPS) is 17.2. The Labute approximate surface area is 149 Å². The highest BCUT2D eigenvalue weighted by molar-refractivity contribution is 5.71. The van der Waals surface area contributed by atoms with E-state index in [0.717, 1.165) is 11.1 Å². The molecule has 0 unspecified atom stereocenters. The molecular weight excluding hydrogens is 294 g/mol. The molecule has 1 aromatic rings. The van der Waals surface area contributed by atoms with Crippen molar-refractivity contribution in [1.82, 2.24) is 0 Å². The maximum absolute atomic E-state index is 11.2. The van der Waals surface area contributed by atoms with Crippen molar-refractivity contribution in [3.05, 3.63) is 22.3 Å². The number of rotatable bonds is 2. The number of anilines is 1. The van der Waals surface area contributed by atoms with Gasteiger partial charge in [0.25, 0.3) is 0 Å². The van der Waals surface area contributed by atoms with E-state index in [4.69, 9.17) is 0 Å². The molecule has 136 valence electrons. The van der Waals surface area contributed by atoms with Crippen LogP contribution in [0, 0.1) is 13.8 Å². The molecule has 0 heterocycles. The van der Waals surface area contributed by atoms with Gasteiger partial charge in [-0.1, -0.05) is 60.8 Å². The van der Waals surface area contributed by atoms with Crippen molar-refractivity contribution in [2.24, 2.45) is 0 Å². The maximum atomic E-state index is 11.2. The lowest BCUT2D eigenvalue weighted by atomic mass is 9.75. The second kappa shape index (κ2) is 6.61. The fraction of sp³-hybridized carbons (Fsp3) is 0.727. The van der Waals surface area contributed by atoms with E-state index in [2.05, 4.69) is 60.7 Å². The van der Waals surface area contributed by atoms with E-state index >= 15 is 0 Å². The minimum absolute atomic E-state index is 0.0672. The van der Waals surface area contributed by atoms with Crippen LogP contribution in [0.3, 0.4) is 0 Å². The van der Waals surface area contributed by atoms with Crippen molar-refractivity contribution >= 4 is 5.69 Å². The van der Waals surface area contributed by atoms with E-state index in [1.54, 1.807) is 0 Å². The summed E-state index contributed by atoms with van der Waals surface area (Å²) in [4.78, 5) is 0. The third-order valence-corrected chi connectivity index (χ3v) is 5.49. The molecule has 0 bridgehead atoms. The Kier molecular flexibility index (Phi) is 5.28. The fourth-order valence-electron chi connectivity index (χ4n) is 4.26. The zero-order valence-electron chi connectivity index (χ0n) is 17.1. The fourth-order valence-corrected chi connectivity index (χ4v) is 4.26. The molecule has 2 heteroatoms. The van der Waals surface area contributed by atoms with Crippen molar-refractivity contribution in [2.75, 3.05) is 5.32 Å². The van der Waals surface area contributed by atoms with Gasteiger partial charge >= 0.3 is 0 Å². The summed E-state index contributed by atoms with van der Waals surface area (Å²) < 4.78 is 0. The molecule has 24 heavy (non-hydrogen) atoms. The van der Waals surface area contributed by atoms with Gasteiger partial charge in [0, 0.05) is 22.9 Å². The summed E-state index contributed by atoms with van der Waals surface area (Å²) in [5.74, 6) is 0.497. The Morgan fingerprint density at radius 3 is 1.75 bits per heavy atom. The minimum atomic E-state index is -0.0977. The van der Waals surface area contributed by atoms with Gasteiger partial charge in [0.2, 0.25) is 0 Å². The van der Waals surface area contributed by atoms with E-state index in [-0.39, 0.29) is 10.8 Å². The van der Waals surface area contributed by atoms with Gasteiger partial charge in [-0.25, -0.2) is 0 Å². The van der Waals surface area contributed by atoms with Crippen LogP contribution in [0.2, 0.25) is 0 Å². The molecular formula is C22H37NO. The third-order valence-electron chi connectivity index (χ3n) is 5.49. The Morgan fingerprint density at radius 1 is 0.792 bits per heavy atom. The quantitative estimate of drug-likeness (QED) is 0.662. The molecule has 0 radical (unpaired) electrons. The molecule has 2 nitrogen and oxygen atoms in total. The maximum Gasteiger partial charge on any atom is 0.125 e. The highest BCUT2D eigenvalue weighted by Gasteiger charge is 2.32. The van der Waals surface area contributed by atoms with Gasteiger partial charge in [-0.05, 0) is 48.6 Å². The molecule has 1 fully saturated rings. The van der Waals surface area contributed by atoms with Crippen molar-refractivity contribution < 1.29 is 5.11 Å². The van der Waals surface area contributed by atoms with Gasteiger partial charge < -0.3 is 10.4 Å². The number of aromatic hydroxyl groups is 1. The van der Waals surface area contributed by atoms with E-state index in [0.29, 0.717) is 11.8 Å². The Hall–Kier alpha value is -1.18. The van der Waals surface area contributed by atoms with E-state index in [1.807, 2.05) is 0 Å². The van der Waals surface area contributed by atoms with E-state index < -0.39 is 0 Å². The second-order valence-electron chi connectivity index (χ2n) is 9.70. The molecule has 0 aliphatic heterocycles. The average molecular weight is 332 g/mol. The molecule has 2 rings (SSSR count). The van der Waals surface area contributed by atoms with Gasteiger partial charge in [0.05, 0.1) is 0 Å². The summed E-state index contributed by atoms with van der Waals surface area (Å²) in [6, 6.07) is 0.540. The summed E-state index contributed by atoms with van der Waals surface area (Å²) in [6.07, 6.45) is 6.46. The summed E-state index contributed by atoms with van der Waals surface area (Å²) in [5, 5.41) is 15.1. The first-order valence-corrected chi connectivity index (χ1v) is 9.58. The van der Waals surface area contributed by atoms with Crippen molar-refractivity contribution in [3.63, 3.8) is 0 Å². The molecule has 2 N–H and O–H groups in total. The lowest BCUT2D eigenvalue weighted by Gasteiger charge is -2.35. The number of phenolic OH excluding ortho intramolecular Hbond substituents is 1. The molecule has 0 atom stereocenters. The molecule has 1 aliphatic carbocycles. The van der Waals surface area contributed by atoms with Gasteiger partial charge in [-0.3, -0.25) is 0 Å². The number of phenols is 1. The highest BCUT2D eigenvalue weighted by atomic mass is 16.3. The van der Waals surface area contributed by atoms with E-state index in [1.165, 1.54) is 48.9 Å². The van der Waals surface area contributed by atoms with Crippen LogP contribution >= 0.6 is 0 Å². The zero-order valence-corrected chi connectivity index (χ0v) is 17.1. The molecule has 1 aliphatic rings. The molecule has 0 amide bonds. The smallest absolute Gasteiger partial charge is 0.125 e. The average Bonchev–Trinajstić information content (AvgIpc) is 2.42. The molecule has 0 saturated heterocycles. The number of hydrogen-bond acceptors (Lipinski definition) is 2. The predicted molar refractivity (Wildman–Crippen MR) is 105 cm³/mol. The lowest BCUT2D eigenvalue weighted by Crippen LogP contribution is -2.27. The van der Waals surface area contributed by atoms with Crippen LogP contribution in [-0.4, -0.2) is 11.1 Å². The van der Waals surface area contributed by atoms with Crippen LogP contribution in [0.25, 0.3) is 0 Å². The molecule has 1 aromatic carbocycles. The second-order valence-corrected chi connectivity index (χ2v) is 9.70. The summed E-state index contributed by atoms with van der Waals surface area (Å²) in [7, 11) is 0. The lowest BCUT2D eigenvalue weighted by molar-refractivity contribution is 0.420. The summed E-state index contributed by atoms with van der Waals surface area (Å²) in [5.41, 5.74) is 5.72. The Morgan fingerprint density at radius 2 is 1.29 bits per heavy atom. The van der Waals surface area contributed by atoms with E-state index in [9.17, 15) is 5.11 Å². The number of nitrogens with one attached hydrogen (secondary N) is 1. The first kappa shape index (κ1) is 19.1. The van der Waals surface area contributed by atoms with Crippen molar-refractivity contribution in [3.8, 4) is 5.75 Å². The van der Waals surface area contributed by atoms with Crippen molar-refractivity contribution in [1.29, 1.82) is 0 Å². The van der Waals surface area contributed by atoms with Crippen LogP contribution in [0.5, 0.6) is 5.75 Å². The summed E-state index contributed by atoms with van der Waals surface area (Å²) >= 11 is 0. The Bertz CT molecular complexity index is 596. The minimum Gasteiger partial charge on any atom is -0.507 e. The van der Waals surface area contributed by atoms with Gasteiger partial charge in [0.15, 0.2) is 0 Å². The predicted octanol–water partition coefficient (Wildman–Crippen LogP) is 6.35.